The Labute approximate surface area is 117 Å². The molecular weight excluding hydrogens is 264 g/mol. The third kappa shape index (κ3) is 2.69. The van der Waals surface area contributed by atoms with Gasteiger partial charge in [-0.25, -0.2) is 0 Å². The lowest BCUT2D eigenvalue weighted by Gasteiger charge is -2.39. The van der Waals surface area contributed by atoms with Crippen molar-refractivity contribution in [3.8, 4) is 0 Å². The zero-order valence-electron chi connectivity index (χ0n) is 9.82. The number of carbonyl (C=O) groups is 2. The van der Waals surface area contributed by atoms with Crippen LogP contribution in [0.15, 0.2) is 24.6 Å². The second-order valence-electron chi connectivity index (χ2n) is 4.36. The molecule has 0 N–H and O–H groups in total. The minimum absolute atomic E-state index is 0. The van der Waals surface area contributed by atoms with E-state index in [1.807, 2.05) is 30.1 Å². The highest BCUT2D eigenvalue weighted by molar-refractivity contribution is 8.00. The lowest BCUT2D eigenvalue weighted by Crippen LogP contribution is -2.52. The number of hydrogen-bond acceptors (Lipinski definition) is 4. The van der Waals surface area contributed by atoms with E-state index in [-0.39, 0.29) is 25.5 Å². The van der Waals surface area contributed by atoms with Crippen molar-refractivity contribution in [1.29, 1.82) is 0 Å². The standard InChI is InChI=1S/C6H7NO2.C6H7NOS.CH4/c2*8-5-4-6-7(5)2-1-3-9-6;/h2*1-2,6H,3-4H2;1H4. The molecule has 4 aliphatic heterocycles. The van der Waals surface area contributed by atoms with Gasteiger partial charge in [-0.2, -0.15) is 0 Å². The van der Waals surface area contributed by atoms with Crippen LogP contribution in [0.4, 0.5) is 0 Å². The fraction of sp³-hybridized carbons (Fsp3) is 0.538. The van der Waals surface area contributed by atoms with Gasteiger partial charge in [0.25, 0.3) is 0 Å². The summed E-state index contributed by atoms with van der Waals surface area (Å²) in [6.07, 6.45) is 8.92. The quantitative estimate of drug-likeness (QED) is 0.632. The normalized spacial score (nSPS) is 30.1. The molecule has 0 bridgehead atoms. The zero-order valence-corrected chi connectivity index (χ0v) is 10.6. The predicted octanol–water partition coefficient (Wildman–Crippen LogP) is 1.53. The Morgan fingerprint density at radius 1 is 1.11 bits per heavy atom. The maximum Gasteiger partial charge on any atom is 0.233 e. The molecule has 0 aromatic heterocycles. The summed E-state index contributed by atoms with van der Waals surface area (Å²) >= 11 is 1.84. The SMILES string of the molecule is C.O=C1CC2OCC=CN12.O=C1CC2SCC=CN12. The smallest absolute Gasteiger partial charge is 0.233 e. The molecule has 2 fully saturated rings. The van der Waals surface area contributed by atoms with Crippen LogP contribution in [0.3, 0.4) is 0 Å². The van der Waals surface area contributed by atoms with Gasteiger partial charge in [0.05, 0.1) is 24.8 Å². The fourth-order valence-electron chi connectivity index (χ4n) is 2.09. The van der Waals surface area contributed by atoms with Gasteiger partial charge in [0.15, 0.2) is 0 Å². The van der Waals surface area contributed by atoms with Crippen LogP contribution in [0.25, 0.3) is 0 Å². The Bertz CT molecular complexity index is 396. The molecule has 2 saturated heterocycles. The second-order valence-corrected chi connectivity index (χ2v) is 5.57. The molecule has 4 aliphatic rings. The Kier molecular flexibility index (Phi) is 4.31. The molecule has 104 valence electrons. The molecule has 4 rings (SSSR count). The summed E-state index contributed by atoms with van der Waals surface area (Å²) in [5.41, 5.74) is 0. The summed E-state index contributed by atoms with van der Waals surface area (Å²) in [7, 11) is 0. The Hall–Kier alpha value is -1.27. The van der Waals surface area contributed by atoms with Crippen molar-refractivity contribution in [3.63, 3.8) is 0 Å². The van der Waals surface area contributed by atoms with Gasteiger partial charge in [-0.05, 0) is 6.08 Å². The third-order valence-corrected chi connectivity index (χ3v) is 4.36. The summed E-state index contributed by atoms with van der Waals surface area (Å²) in [6, 6.07) is 0. The van der Waals surface area contributed by atoms with Crippen LogP contribution in [-0.4, -0.2) is 45.6 Å². The van der Waals surface area contributed by atoms with Crippen LogP contribution in [-0.2, 0) is 14.3 Å². The largest absolute Gasteiger partial charge is 0.353 e. The van der Waals surface area contributed by atoms with Gasteiger partial charge in [-0.3, -0.25) is 14.5 Å². The number of hydrogen-bond donors (Lipinski definition) is 0. The monoisotopic (exact) mass is 282 g/mol. The third-order valence-electron chi connectivity index (χ3n) is 3.20. The van der Waals surface area contributed by atoms with E-state index in [4.69, 9.17) is 4.74 Å². The highest BCUT2D eigenvalue weighted by Gasteiger charge is 2.36. The Morgan fingerprint density at radius 2 is 1.84 bits per heavy atom. The molecule has 0 saturated carbocycles. The van der Waals surface area contributed by atoms with Gasteiger partial charge >= 0.3 is 0 Å². The van der Waals surface area contributed by atoms with Crippen molar-refractivity contribution in [1.82, 2.24) is 9.80 Å². The van der Waals surface area contributed by atoms with E-state index >= 15 is 0 Å². The van der Waals surface area contributed by atoms with E-state index in [0.717, 1.165) is 12.2 Å². The number of β-lactam (4-membered cyclic amide) rings is 2. The van der Waals surface area contributed by atoms with Crippen LogP contribution in [0.2, 0.25) is 0 Å². The summed E-state index contributed by atoms with van der Waals surface area (Å²) in [5, 5.41) is 0.475. The zero-order chi connectivity index (χ0) is 12.5. The highest BCUT2D eigenvalue weighted by atomic mass is 32.2. The number of thioether (sulfide) groups is 1. The van der Waals surface area contributed by atoms with Gasteiger partial charge < -0.3 is 9.64 Å². The number of ether oxygens (including phenoxy) is 1. The Morgan fingerprint density at radius 3 is 2.37 bits per heavy atom. The van der Waals surface area contributed by atoms with Crippen molar-refractivity contribution in [2.24, 2.45) is 0 Å². The lowest BCUT2D eigenvalue weighted by molar-refractivity contribution is -0.166. The molecule has 0 radical (unpaired) electrons. The van der Waals surface area contributed by atoms with E-state index in [2.05, 4.69) is 0 Å². The van der Waals surface area contributed by atoms with Crippen LogP contribution in [0.1, 0.15) is 20.3 Å². The van der Waals surface area contributed by atoms with E-state index in [9.17, 15) is 9.59 Å². The highest BCUT2D eigenvalue weighted by Crippen LogP contribution is 2.32. The number of rotatable bonds is 0. The van der Waals surface area contributed by atoms with Gasteiger partial charge in [-0.15, -0.1) is 11.8 Å². The molecule has 6 heteroatoms. The summed E-state index contributed by atoms with van der Waals surface area (Å²) in [5.74, 6) is 1.49. The number of amides is 2. The van der Waals surface area contributed by atoms with Crippen molar-refractivity contribution < 1.29 is 14.3 Å². The number of nitrogens with zero attached hydrogens (tertiary/aromatic N) is 2. The molecular formula is C13H18N2O3S. The maximum absolute atomic E-state index is 10.7. The fourth-order valence-corrected chi connectivity index (χ4v) is 3.11. The van der Waals surface area contributed by atoms with E-state index in [0.29, 0.717) is 18.4 Å². The van der Waals surface area contributed by atoms with Crippen molar-refractivity contribution in [3.05, 3.63) is 24.6 Å². The van der Waals surface area contributed by atoms with Gasteiger partial charge in [-0.1, -0.05) is 13.5 Å². The van der Waals surface area contributed by atoms with Crippen LogP contribution in [0.5, 0.6) is 0 Å². The minimum atomic E-state index is 0. The molecule has 2 amide bonds. The molecule has 0 aromatic carbocycles. The molecule has 19 heavy (non-hydrogen) atoms. The van der Waals surface area contributed by atoms with Gasteiger partial charge in [0.1, 0.15) is 6.23 Å². The maximum atomic E-state index is 10.7. The second kappa shape index (κ2) is 5.79. The van der Waals surface area contributed by atoms with Gasteiger partial charge in [0, 0.05) is 18.2 Å². The molecule has 4 heterocycles. The summed E-state index contributed by atoms with van der Waals surface area (Å²) in [4.78, 5) is 24.8. The van der Waals surface area contributed by atoms with Crippen molar-refractivity contribution in [2.75, 3.05) is 12.4 Å². The first-order chi connectivity index (χ1) is 8.75. The van der Waals surface area contributed by atoms with Gasteiger partial charge in [0.2, 0.25) is 11.8 Å². The average molecular weight is 282 g/mol. The molecule has 0 aliphatic carbocycles. The minimum Gasteiger partial charge on any atom is -0.353 e. The molecule has 0 spiro atoms. The first-order valence-corrected chi connectivity index (χ1v) is 6.99. The molecule has 2 unspecified atom stereocenters. The number of fused-ring (bicyclic) bond motifs is 2. The number of carbonyl (C=O) groups excluding carboxylic acids is 2. The van der Waals surface area contributed by atoms with E-state index in [1.165, 1.54) is 0 Å². The van der Waals surface area contributed by atoms with Crippen LogP contribution >= 0.6 is 11.8 Å². The average Bonchev–Trinajstić information content (AvgIpc) is 2.37. The topological polar surface area (TPSA) is 49.9 Å². The lowest BCUT2D eigenvalue weighted by atomic mass is 10.1. The summed E-state index contributed by atoms with van der Waals surface area (Å²) < 4.78 is 5.17. The van der Waals surface area contributed by atoms with E-state index in [1.54, 1.807) is 16.0 Å². The molecule has 0 aromatic rings. The van der Waals surface area contributed by atoms with E-state index < -0.39 is 0 Å². The summed E-state index contributed by atoms with van der Waals surface area (Å²) in [6.45, 7) is 0.647. The van der Waals surface area contributed by atoms with Crippen molar-refractivity contribution in [2.45, 2.75) is 31.9 Å². The first kappa shape index (κ1) is 14.1. The predicted molar refractivity (Wildman–Crippen MR) is 73.9 cm³/mol. The molecule has 5 nitrogen and oxygen atoms in total. The molecule has 2 atom stereocenters. The Balaban J connectivity index is 0.000000133. The first-order valence-electron chi connectivity index (χ1n) is 5.94. The van der Waals surface area contributed by atoms with Crippen LogP contribution < -0.4 is 0 Å². The van der Waals surface area contributed by atoms with Crippen LogP contribution in [0, 0.1) is 0 Å². The van der Waals surface area contributed by atoms with Crippen molar-refractivity contribution >= 4 is 23.6 Å².